The van der Waals surface area contributed by atoms with Crippen LogP contribution in [-0.2, 0) is 14.4 Å². The van der Waals surface area contributed by atoms with Crippen molar-refractivity contribution in [3.05, 3.63) is 0 Å². The summed E-state index contributed by atoms with van der Waals surface area (Å²) < 4.78 is 6.23. The summed E-state index contributed by atoms with van der Waals surface area (Å²) in [6.07, 6.45) is 8.85. The van der Waals surface area contributed by atoms with Gasteiger partial charge in [0.2, 0.25) is 5.90 Å². The Morgan fingerprint density at radius 3 is 2.46 bits per heavy atom. The van der Waals surface area contributed by atoms with Crippen LogP contribution in [0.25, 0.3) is 0 Å². The maximum atomic E-state index is 9.44. The first kappa shape index (κ1) is 22.9. The number of ether oxygens (including phenoxy) is 1. The van der Waals surface area contributed by atoms with Gasteiger partial charge in [-0.15, -0.1) is 0 Å². The molecule has 2 aliphatic heterocycles. The fourth-order valence-corrected chi connectivity index (χ4v) is 3.44. The summed E-state index contributed by atoms with van der Waals surface area (Å²) in [5.74, 6) is 2.16. The number of nitrogens with zero attached hydrogens (tertiary/aromatic N) is 2. The van der Waals surface area contributed by atoms with Gasteiger partial charge in [0, 0.05) is 12.5 Å². The van der Waals surface area contributed by atoms with E-state index in [-0.39, 0.29) is 11.9 Å². The number of carbonyl (C=O) groups excluding carboxylic acids is 1. The largest absolute Gasteiger partial charge is 0.470 e. The van der Waals surface area contributed by atoms with E-state index in [0.29, 0.717) is 18.4 Å². The molecule has 0 saturated carbocycles. The van der Waals surface area contributed by atoms with E-state index in [9.17, 15) is 4.79 Å². The lowest BCUT2D eigenvalue weighted by atomic mass is 9.90. The molecule has 0 aromatic rings. The smallest absolute Gasteiger partial charge is 0.229 e. The van der Waals surface area contributed by atoms with Gasteiger partial charge in [-0.1, -0.05) is 45.2 Å². The Kier molecular flexibility index (Phi) is 11.6. The van der Waals surface area contributed by atoms with E-state index in [2.05, 4.69) is 30.8 Å². The number of likely N-dealkylation sites (tertiary alicyclic amines) is 1. The quantitative estimate of drug-likeness (QED) is 0.626. The lowest BCUT2D eigenvalue weighted by molar-refractivity contribution is -0.114. The first-order chi connectivity index (χ1) is 12.5. The molecule has 2 aliphatic rings. The maximum absolute atomic E-state index is 9.44. The van der Waals surface area contributed by atoms with Gasteiger partial charge in [-0.05, 0) is 58.5 Å². The Balaban J connectivity index is 0.000000765. The van der Waals surface area contributed by atoms with Gasteiger partial charge in [0.1, 0.15) is 11.9 Å². The molecule has 0 amide bonds. The average Bonchev–Trinajstić information content (AvgIpc) is 2.62. The first-order valence-electron chi connectivity index (χ1n) is 10.5. The molecule has 0 aromatic heterocycles. The van der Waals surface area contributed by atoms with Crippen LogP contribution in [0.15, 0.2) is 5.16 Å². The molecule has 0 N–H and O–H groups in total. The Labute approximate surface area is 160 Å². The van der Waals surface area contributed by atoms with Crippen LogP contribution in [0.2, 0.25) is 0 Å². The first-order valence-corrected chi connectivity index (χ1v) is 10.5. The Morgan fingerprint density at radius 1 is 1.23 bits per heavy atom. The van der Waals surface area contributed by atoms with Crippen LogP contribution in [0.5, 0.6) is 0 Å². The number of oxime groups is 1. The second-order valence-corrected chi connectivity index (χ2v) is 7.97. The van der Waals surface area contributed by atoms with Crippen molar-refractivity contribution in [1.82, 2.24) is 4.90 Å². The van der Waals surface area contributed by atoms with Crippen LogP contribution >= 0.6 is 0 Å². The highest BCUT2D eigenvalue weighted by molar-refractivity contribution is 5.78. The summed E-state index contributed by atoms with van der Waals surface area (Å²) in [6.45, 7) is 13.9. The molecular weight excluding hydrogens is 328 g/mol. The molecule has 1 saturated heterocycles. The third-order valence-corrected chi connectivity index (χ3v) is 4.98. The molecule has 26 heavy (non-hydrogen) atoms. The highest BCUT2D eigenvalue weighted by Crippen LogP contribution is 2.24. The third-order valence-electron chi connectivity index (χ3n) is 4.98. The van der Waals surface area contributed by atoms with Crippen LogP contribution in [0.1, 0.15) is 79.6 Å². The van der Waals surface area contributed by atoms with Crippen molar-refractivity contribution in [1.29, 1.82) is 0 Å². The van der Waals surface area contributed by atoms with E-state index >= 15 is 0 Å². The average molecular weight is 369 g/mol. The van der Waals surface area contributed by atoms with Crippen molar-refractivity contribution in [3.8, 4) is 0 Å². The third kappa shape index (κ3) is 9.56. The van der Waals surface area contributed by atoms with Gasteiger partial charge in [0.05, 0.1) is 0 Å². The molecule has 3 unspecified atom stereocenters. The van der Waals surface area contributed by atoms with E-state index in [1.54, 1.807) is 0 Å². The number of Topliss-reactive ketones (excluding diaryl/α,β-unsaturated/α-hetero) is 1. The molecule has 0 aromatic carbocycles. The van der Waals surface area contributed by atoms with E-state index in [1.807, 2.05) is 0 Å². The highest BCUT2D eigenvalue weighted by atomic mass is 16.7. The molecule has 3 atom stereocenters. The fourth-order valence-electron chi connectivity index (χ4n) is 3.44. The number of ketones is 1. The number of carbonyl (C=O) groups is 1. The van der Waals surface area contributed by atoms with E-state index in [1.165, 1.54) is 59.0 Å². The van der Waals surface area contributed by atoms with Crippen molar-refractivity contribution in [2.75, 3.05) is 26.2 Å². The number of rotatable bonds is 8. The molecular formula is C21H40N2O3. The zero-order valence-electron chi connectivity index (χ0n) is 17.6. The Bertz CT molecular complexity index is 415. The van der Waals surface area contributed by atoms with Gasteiger partial charge in [-0.2, -0.15) is 0 Å². The van der Waals surface area contributed by atoms with Crippen molar-refractivity contribution >= 4 is 11.7 Å². The van der Waals surface area contributed by atoms with Crippen molar-refractivity contribution in [2.24, 2.45) is 17.0 Å². The van der Waals surface area contributed by atoms with Crippen LogP contribution in [-0.4, -0.2) is 48.9 Å². The minimum atomic E-state index is 0.155. The summed E-state index contributed by atoms with van der Waals surface area (Å²) in [6, 6.07) is 0. The Hall–Kier alpha value is -1.10. The summed E-state index contributed by atoms with van der Waals surface area (Å²) in [5, 5.41) is 4.25. The zero-order chi connectivity index (χ0) is 19.4. The number of hydrogen-bond donors (Lipinski definition) is 0. The van der Waals surface area contributed by atoms with Crippen LogP contribution < -0.4 is 0 Å². The molecule has 0 spiro atoms. The SMILES string of the molecule is CC(C)=O.CCCC(CC(C)CC)C1=NOCC(CN2CCCCC2)O1. The van der Waals surface area contributed by atoms with E-state index < -0.39 is 0 Å². The standard InChI is InChI=1S/C18H34N2O2.C3H6O/c1-4-9-16(12-15(3)5-2)18-19-21-14-17(22-18)13-20-10-7-6-8-11-20;1-3(2)4/h15-17H,4-14H2,1-3H3;1-2H3. The molecule has 2 rings (SSSR count). The summed E-state index contributed by atoms with van der Waals surface area (Å²) in [5.41, 5.74) is 0. The normalized spacial score (nSPS) is 22.8. The predicted molar refractivity (Wildman–Crippen MR) is 107 cm³/mol. The van der Waals surface area contributed by atoms with Gasteiger partial charge in [-0.3, -0.25) is 4.90 Å². The molecule has 5 nitrogen and oxygen atoms in total. The molecule has 5 heteroatoms. The lowest BCUT2D eigenvalue weighted by Crippen LogP contribution is -2.43. The molecule has 152 valence electrons. The van der Waals surface area contributed by atoms with Gasteiger partial charge in [0.15, 0.2) is 6.61 Å². The second-order valence-electron chi connectivity index (χ2n) is 7.97. The minimum Gasteiger partial charge on any atom is -0.470 e. The second kappa shape index (κ2) is 13.1. The van der Waals surface area contributed by atoms with Gasteiger partial charge >= 0.3 is 0 Å². The van der Waals surface area contributed by atoms with Crippen LogP contribution in [0.3, 0.4) is 0 Å². The van der Waals surface area contributed by atoms with Crippen LogP contribution in [0.4, 0.5) is 0 Å². The van der Waals surface area contributed by atoms with Crippen molar-refractivity contribution in [2.45, 2.75) is 85.7 Å². The van der Waals surface area contributed by atoms with E-state index in [4.69, 9.17) is 9.57 Å². The molecule has 0 aliphatic carbocycles. The van der Waals surface area contributed by atoms with Crippen molar-refractivity contribution in [3.63, 3.8) is 0 Å². The maximum Gasteiger partial charge on any atom is 0.229 e. The minimum absolute atomic E-state index is 0.155. The van der Waals surface area contributed by atoms with Crippen molar-refractivity contribution < 1.29 is 14.4 Å². The molecule has 0 radical (unpaired) electrons. The monoisotopic (exact) mass is 368 g/mol. The topological polar surface area (TPSA) is 51.1 Å². The summed E-state index contributed by atoms with van der Waals surface area (Å²) in [7, 11) is 0. The highest BCUT2D eigenvalue weighted by Gasteiger charge is 2.28. The molecule has 2 heterocycles. The summed E-state index contributed by atoms with van der Waals surface area (Å²) >= 11 is 0. The summed E-state index contributed by atoms with van der Waals surface area (Å²) in [4.78, 5) is 17.5. The van der Waals surface area contributed by atoms with Gasteiger partial charge in [0.25, 0.3) is 0 Å². The fraction of sp³-hybridized carbons (Fsp3) is 0.905. The van der Waals surface area contributed by atoms with Crippen LogP contribution in [0, 0.1) is 11.8 Å². The zero-order valence-corrected chi connectivity index (χ0v) is 17.6. The van der Waals surface area contributed by atoms with E-state index in [0.717, 1.165) is 25.3 Å². The number of piperidine rings is 1. The van der Waals surface area contributed by atoms with Gasteiger partial charge in [-0.25, -0.2) is 0 Å². The predicted octanol–water partition coefficient (Wildman–Crippen LogP) is 4.65. The molecule has 0 bridgehead atoms. The molecule has 1 fully saturated rings. The number of hydrogen-bond acceptors (Lipinski definition) is 5. The Morgan fingerprint density at radius 2 is 1.88 bits per heavy atom. The lowest BCUT2D eigenvalue weighted by Gasteiger charge is -2.33. The van der Waals surface area contributed by atoms with Gasteiger partial charge < -0.3 is 14.4 Å².